The summed E-state index contributed by atoms with van der Waals surface area (Å²) in [4.78, 5) is 24.1. The molecule has 0 bridgehead atoms. The molecule has 2 aromatic rings. The largest absolute Gasteiger partial charge is 0.481 e. The van der Waals surface area contributed by atoms with E-state index in [0.29, 0.717) is 11.2 Å². The van der Waals surface area contributed by atoms with Crippen LogP contribution >= 0.6 is 0 Å². The minimum atomic E-state index is -1.00. The number of rotatable bonds is 3. The van der Waals surface area contributed by atoms with Crippen LogP contribution in [0, 0.1) is 0 Å². The van der Waals surface area contributed by atoms with Gasteiger partial charge in [0.1, 0.15) is 0 Å². The van der Waals surface area contributed by atoms with Crippen LogP contribution in [0.3, 0.4) is 0 Å². The van der Waals surface area contributed by atoms with Gasteiger partial charge in [0.15, 0.2) is 0 Å². The van der Waals surface area contributed by atoms with E-state index in [1.54, 1.807) is 12.1 Å². The average molecular weight is 219 g/mol. The van der Waals surface area contributed by atoms with Gasteiger partial charge in [0, 0.05) is 11.2 Å². The molecule has 16 heavy (non-hydrogen) atoms. The number of hydrogen-bond donors (Lipinski definition) is 3. The highest BCUT2D eigenvalue weighted by Crippen LogP contribution is 2.17. The van der Waals surface area contributed by atoms with E-state index >= 15 is 0 Å². The molecule has 0 atom stereocenters. The lowest BCUT2D eigenvalue weighted by atomic mass is 10.1. The molecule has 1 aromatic heterocycles. The molecule has 0 aliphatic carbocycles. The number of carboxylic acids is 2. The third-order valence-corrected chi connectivity index (χ3v) is 2.27. The Kier molecular flexibility index (Phi) is 2.36. The lowest BCUT2D eigenvalue weighted by molar-refractivity contribution is -0.136. The first-order valence-electron chi connectivity index (χ1n) is 4.63. The molecule has 5 nitrogen and oxygen atoms in total. The topological polar surface area (TPSA) is 90.4 Å². The van der Waals surface area contributed by atoms with Crippen molar-refractivity contribution in [3.05, 3.63) is 35.5 Å². The van der Waals surface area contributed by atoms with Gasteiger partial charge in [0.2, 0.25) is 0 Å². The quantitative estimate of drug-likeness (QED) is 0.729. The lowest BCUT2D eigenvalue weighted by Gasteiger charge is -1.93. The number of aliphatic carboxylic acids is 1. The van der Waals surface area contributed by atoms with Gasteiger partial charge in [-0.15, -0.1) is 0 Å². The molecule has 0 unspecified atom stereocenters. The number of nitrogens with one attached hydrogen (secondary N) is 1. The molecule has 0 saturated carbocycles. The minimum absolute atomic E-state index is 0.100. The monoisotopic (exact) mass is 219 g/mol. The molecule has 82 valence electrons. The second-order valence-electron chi connectivity index (χ2n) is 3.47. The van der Waals surface area contributed by atoms with Gasteiger partial charge in [-0.05, 0) is 23.6 Å². The van der Waals surface area contributed by atoms with Crippen molar-refractivity contribution in [2.45, 2.75) is 6.42 Å². The van der Waals surface area contributed by atoms with Crippen molar-refractivity contribution >= 4 is 22.8 Å². The van der Waals surface area contributed by atoms with Crippen LogP contribution in [0.1, 0.15) is 16.1 Å². The standard InChI is InChI=1S/C11H9NO4/c13-10(14)5-8-3-6-1-2-7(11(15)16)4-9(6)12-8/h1-4,12H,5H2,(H,13,14)(H,15,16). The van der Waals surface area contributed by atoms with Crippen molar-refractivity contribution in [3.8, 4) is 0 Å². The van der Waals surface area contributed by atoms with Crippen molar-refractivity contribution in [3.63, 3.8) is 0 Å². The smallest absolute Gasteiger partial charge is 0.335 e. The summed E-state index contributed by atoms with van der Waals surface area (Å²) in [6.45, 7) is 0. The molecule has 0 aliphatic heterocycles. The highest BCUT2D eigenvalue weighted by molar-refractivity contribution is 5.93. The van der Waals surface area contributed by atoms with Gasteiger partial charge >= 0.3 is 11.9 Å². The summed E-state index contributed by atoms with van der Waals surface area (Å²) in [5.74, 6) is -1.93. The number of carbonyl (C=O) groups is 2. The van der Waals surface area contributed by atoms with Crippen LogP contribution in [0.25, 0.3) is 10.9 Å². The Labute approximate surface area is 90.3 Å². The average Bonchev–Trinajstić information content (AvgIpc) is 2.56. The molecule has 0 saturated heterocycles. The van der Waals surface area contributed by atoms with E-state index in [-0.39, 0.29) is 12.0 Å². The number of carboxylic acid groups (broad SMARTS) is 2. The Bertz CT molecular complexity index is 570. The SMILES string of the molecule is O=C(O)Cc1cc2ccc(C(=O)O)cc2[nH]1. The Morgan fingerprint density at radius 3 is 2.56 bits per heavy atom. The van der Waals surface area contributed by atoms with E-state index in [0.717, 1.165) is 5.39 Å². The Balaban J connectivity index is 2.45. The van der Waals surface area contributed by atoms with E-state index in [1.807, 2.05) is 0 Å². The van der Waals surface area contributed by atoms with Crippen LogP contribution in [0.5, 0.6) is 0 Å². The van der Waals surface area contributed by atoms with Crippen molar-refractivity contribution < 1.29 is 19.8 Å². The molecule has 0 aliphatic rings. The normalized spacial score (nSPS) is 10.5. The van der Waals surface area contributed by atoms with Crippen molar-refractivity contribution in [2.75, 3.05) is 0 Å². The van der Waals surface area contributed by atoms with E-state index < -0.39 is 11.9 Å². The van der Waals surface area contributed by atoms with E-state index in [9.17, 15) is 9.59 Å². The summed E-state index contributed by atoms with van der Waals surface area (Å²) in [7, 11) is 0. The second kappa shape index (κ2) is 3.69. The van der Waals surface area contributed by atoms with Crippen LogP contribution in [0.4, 0.5) is 0 Å². The maximum absolute atomic E-state index is 10.7. The van der Waals surface area contributed by atoms with Gasteiger partial charge in [-0.3, -0.25) is 4.79 Å². The van der Waals surface area contributed by atoms with Gasteiger partial charge in [0.25, 0.3) is 0 Å². The van der Waals surface area contributed by atoms with Crippen LogP contribution in [0.2, 0.25) is 0 Å². The second-order valence-corrected chi connectivity index (χ2v) is 3.47. The Morgan fingerprint density at radius 2 is 1.94 bits per heavy atom. The first-order chi connectivity index (χ1) is 7.56. The number of aromatic carboxylic acids is 1. The maximum atomic E-state index is 10.7. The fourth-order valence-electron chi connectivity index (χ4n) is 1.58. The van der Waals surface area contributed by atoms with Gasteiger partial charge in [-0.2, -0.15) is 0 Å². The molecule has 3 N–H and O–H groups in total. The number of benzene rings is 1. The van der Waals surface area contributed by atoms with Crippen molar-refractivity contribution in [2.24, 2.45) is 0 Å². The lowest BCUT2D eigenvalue weighted by Crippen LogP contribution is -1.99. The highest BCUT2D eigenvalue weighted by atomic mass is 16.4. The molecule has 0 amide bonds. The van der Waals surface area contributed by atoms with Crippen LogP contribution in [-0.2, 0) is 11.2 Å². The number of fused-ring (bicyclic) bond motifs is 1. The molecule has 0 radical (unpaired) electrons. The van der Waals surface area contributed by atoms with E-state index in [4.69, 9.17) is 10.2 Å². The van der Waals surface area contributed by atoms with E-state index in [1.165, 1.54) is 12.1 Å². The molecule has 0 fully saturated rings. The fraction of sp³-hybridized carbons (Fsp3) is 0.0909. The predicted molar refractivity (Wildman–Crippen MR) is 56.6 cm³/mol. The maximum Gasteiger partial charge on any atom is 0.335 e. The van der Waals surface area contributed by atoms with Gasteiger partial charge in [-0.25, -0.2) is 4.79 Å². The molecular weight excluding hydrogens is 210 g/mol. The van der Waals surface area contributed by atoms with Gasteiger partial charge in [0.05, 0.1) is 12.0 Å². The van der Waals surface area contributed by atoms with Gasteiger partial charge < -0.3 is 15.2 Å². The summed E-state index contributed by atoms with van der Waals surface area (Å²) in [6.07, 6.45) is -0.100. The number of H-pyrrole nitrogens is 1. The summed E-state index contributed by atoms with van der Waals surface area (Å²) in [5, 5.41) is 18.2. The number of aromatic amines is 1. The number of hydrogen-bond acceptors (Lipinski definition) is 2. The minimum Gasteiger partial charge on any atom is -0.481 e. The first kappa shape index (κ1) is 10.2. The number of aromatic nitrogens is 1. The Hall–Kier alpha value is -2.30. The zero-order valence-electron chi connectivity index (χ0n) is 8.23. The summed E-state index contributed by atoms with van der Waals surface area (Å²) >= 11 is 0. The van der Waals surface area contributed by atoms with Gasteiger partial charge in [-0.1, -0.05) is 6.07 Å². The fourth-order valence-corrected chi connectivity index (χ4v) is 1.58. The van der Waals surface area contributed by atoms with Crippen LogP contribution in [-0.4, -0.2) is 27.1 Å². The highest BCUT2D eigenvalue weighted by Gasteiger charge is 2.07. The van der Waals surface area contributed by atoms with Crippen molar-refractivity contribution in [1.82, 2.24) is 4.98 Å². The summed E-state index contributed by atoms with van der Waals surface area (Å²) < 4.78 is 0. The first-order valence-corrected chi connectivity index (χ1v) is 4.63. The summed E-state index contributed by atoms with van der Waals surface area (Å²) in [6, 6.07) is 6.34. The zero-order valence-corrected chi connectivity index (χ0v) is 8.23. The predicted octanol–water partition coefficient (Wildman–Crippen LogP) is 1.49. The molecular formula is C11H9NO4. The third-order valence-electron chi connectivity index (χ3n) is 2.27. The summed E-state index contributed by atoms with van der Waals surface area (Å²) in [5.41, 5.74) is 1.37. The molecule has 0 spiro atoms. The van der Waals surface area contributed by atoms with Crippen LogP contribution in [0.15, 0.2) is 24.3 Å². The molecule has 2 rings (SSSR count). The molecule has 1 aromatic carbocycles. The Morgan fingerprint density at radius 1 is 1.19 bits per heavy atom. The molecule has 5 heteroatoms. The van der Waals surface area contributed by atoms with E-state index in [2.05, 4.69) is 4.98 Å². The van der Waals surface area contributed by atoms with Crippen molar-refractivity contribution in [1.29, 1.82) is 0 Å². The molecule has 1 heterocycles. The third kappa shape index (κ3) is 1.88. The zero-order chi connectivity index (χ0) is 11.7. The van der Waals surface area contributed by atoms with Crippen LogP contribution < -0.4 is 0 Å².